The zero-order valence-corrected chi connectivity index (χ0v) is 15.1. The van der Waals surface area contributed by atoms with E-state index in [9.17, 15) is 4.79 Å². The number of rotatable bonds is 6. The predicted octanol–water partition coefficient (Wildman–Crippen LogP) is 2.36. The second-order valence-corrected chi connectivity index (χ2v) is 6.33. The standard InChI is InChI=1S/C19H26N4O/c1-13-8-6-7-9-16(13)18(23(4)5)19(24)20-11-10-17-21-14(2)12-15(3)22-17/h6-9,12,18H,10-11H2,1-5H3,(H,20,24)/t18-/m1/s1. The Morgan fingerprint density at radius 2 is 1.75 bits per heavy atom. The number of likely N-dealkylation sites (N-methyl/N-ethyl adjacent to an activating group) is 1. The van der Waals surface area contributed by atoms with E-state index in [4.69, 9.17) is 0 Å². The molecule has 0 bridgehead atoms. The molecule has 2 aromatic rings. The molecule has 1 N–H and O–H groups in total. The van der Waals surface area contributed by atoms with Crippen molar-refractivity contribution in [2.24, 2.45) is 0 Å². The maximum Gasteiger partial charge on any atom is 0.241 e. The van der Waals surface area contributed by atoms with E-state index in [0.29, 0.717) is 13.0 Å². The highest BCUT2D eigenvalue weighted by Crippen LogP contribution is 2.21. The fourth-order valence-electron chi connectivity index (χ4n) is 2.85. The quantitative estimate of drug-likeness (QED) is 0.885. The summed E-state index contributed by atoms with van der Waals surface area (Å²) in [4.78, 5) is 23.4. The van der Waals surface area contributed by atoms with E-state index in [1.54, 1.807) is 0 Å². The average molecular weight is 326 g/mol. The van der Waals surface area contributed by atoms with Crippen LogP contribution >= 0.6 is 0 Å². The van der Waals surface area contributed by atoms with Crippen LogP contribution in [0, 0.1) is 20.8 Å². The minimum atomic E-state index is -0.300. The van der Waals surface area contributed by atoms with Crippen molar-refractivity contribution in [2.75, 3.05) is 20.6 Å². The molecule has 24 heavy (non-hydrogen) atoms. The third-order valence-corrected chi connectivity index (χ3v) is 3.92. The lowest BCUT2D eigenvalue weighted by molar-refractivity contribution is -0.125. The molecule has 2 rings (SSSR count). The Morgan fingerprint density at radius 3 is 2.33 bits per heavy atom. The van der Waals surface area contributed by atoms with E-state index >= 15 is 0 Å². The van der Waals surface area contributed by atoms with Gasteiger partial charge in [-0.3, -0.25) is 9.69 Å². The number of carbonyl (C=O) groups excluding carboxylic acids is 1. The summed E-state index contributed by atoms with van der Waals surface area (Å²) >= 11 is 0. The Balaban J connectivity index is 2.02. The van der Waals surface area contributed by atoms with Crippen LogP contribution in [0.5, 0.6) is 0 Å². The second-order valence-electron chi connectivity index (χ2n) is 6.33. The molecule has 1 amide bonds. The zero-order valence-electron chi connectivity index (χ0n) is 15.1. The molecule has 1 heterocycles. The molecule has 0 spiro atoms. The van der Waals surface area contributed by atoms with Gasteiger partial charge in [-0.05, 0) is 52.1 Å². The number of hydrogen-bond acceptors (Lipinski definition) is 4. The van der Waals surface area contributed by atoms with E-state index in [-0.39, 0.29) is 11.9 Å². The molecule has 0 saturated heterocycles. The van der Waals surface area contributed by atoms with E-state index < -0.39 is 0 Å². The third kappa shape index (κ3) is 4.61. The molecule has 1 atom stereocenters. The van der Waals surface area contributed by atoms with E-state index in [1.807, 2.05) is 70.1 Å². The van der Waals surface area contributed by atoms with Crippen LogP contribution in [0.15, 0.2) is 30.3 Å². The Labute approximate surface area is 144 Å². The molecule has 1 aromatic carbocycles. The van der Waals surface area contributed by atoms with Crippen molar-refractivity contribution in [3.8, 4) is 0 Å². The number of aromatic nitrogens is 2. The second kappa shape index (κ2) is 8.02. The molecule has 0 unspecified atom stereocenters. The Morgan fingerprint density at radius 1 is 1.12 bits per heavy atom. The van der Waals surface area contributed by atoms with Gasteiger partial charge in [-0.1, -0.05) is 24.3 Å². The van der Waals surface area contributed by atoms with Crippen LogP contribution in [-0.2, 0) is 11.2 Å². The maximum atomic E-state index is 12.7. The van der Waals surface area contributed by atoms with Gasteiger partial charge >= 0.3 is 0 Å². The van der Waals surface area contributed by atoms with Crippen LogP contribution in [-0.4, -0.2) is 41.4 Å². The van der Waals surface area contributed by atoms with Gasteiger partial charge in [0.1, 0.15) is 11.9 Å². The number of carbonyl (C=O) groups is 1. The molecule has 0 fully saturated rings. The largest absolute Gasteiger partial charge is 0.354 e. The summed E-state index contributed by atoms with van der Waals surface area (Å²) in [6.07, 6.45) is 0.627. The molecule has 0 saturated carbocycles. The Bertz CT molecular complexity index is 692. The van der Waals surface area contributed by atoms with Gasteiger partial charge in [0.25, 0.3) is 0 Å². The summed E-state index contributed by atoms with van der Waals surface area (Å²) < 4.78 is 0. The average Bonchev–Trinajstić information content (AvgIpc) is 2.48. The number of benzene rings is 1. The number of hydrogen-bond donors (Lipinski definition) is 1. The highest BCUT2D eigenvalue weighted by atomic mass is 16.2. The van der Waals surface area contributed by atoms with Crippen molar-refractivity contribution in [3.05, 3.63) is 58.7 Å². The van der Waals surface area contributed by atoms with Crippen LogP contribution in [0.3, 0.4) is 0 Å². The highest BCUT2D eigenvalue weighted by Gasteiger charge is 2.23. The monoisotopic (exact) mass is 326 g/mol. The zero-order chi connectivity index (χ0) is 17.7. The molecule has 0 aliphatic heterocycles. The van der Waals surface area contributed by atoms with Gasteiger partial charge in [-0.15, -0.1) is 0 Å². The topological polar surface area (TPSA) is 58.1 Å². The minimum absolute atomic E-state index is 0.00123. The van der Waals surface area contributed by atoms with Crippen molar-refractivity contribution in [2.45, 2.75) is 33.2 Å². The van der Waals surface area contributed by atoms with Crippen molar-refractivity contribution >= 4 is 5.91 Å². The fraction of sp³-hybridized carbons (Fsp3) is 0.421. The summed E-state index contributed by atoms with van der Waals surface area (Å²) in [5, 5.41) is 3.02. The lowest BCUT2D eigenvalue weighted by Gasteiger charge is -2.25. The van der Waals surface area contributed by atoms with E-state index in [0.717, 1.165) is 28.3 Å². The molecule has 1 aromatic heterocycles. The van der Waals surface area contributed by atoms with Gasteiger partial charge in [0.05, 0.1) is 0 Å². The number of amides is 1. The van der Waals surface area contributed by atoms with Gasteiger partial charge in [0, 0.05) is 24.4 Å². The third-order valence-electron chi connectivity index (χ3n) is 3.92. The molecular formula is C19H26N4O. The van der Waals surface area contributed by atoms with E-state index in [2.05, 4.69) is 15.3 Å². The van der Waals surface area contributed by atoms with Gasteiger partial charge in [-0.2, -0.15) is 0 Å². The van der Waals surface area contributed by atoms with Gasteiger partial charge in [0.2, 0.25) is 5.91 Å². The molecule has 0 aliphatic rings. The molecule has 5 nitrogen and oxygen atoms in total. The van der Waals surface area contributed by atoms with Crippen LogP contribution in [0.4, 0.5) is 0 Å². The summed E-state index contributed by atoms with van der Waals surface area (Å²) in [6.45, 7) is 6.47. The minimum Gasteiger partial charge on any atom is -0.354 e. The van der Waals surface area contributed by atoms with Crippen LogP contribution in [0.2, 0.25) is 0 Å². The normalized spacial score (nSPS) is 12.2. The molecular weight excluding hydrogens is 300 g/mol. The number of nitrogens with zero attached hydrogens (tertiary/aromatic N) is 3. The smallest absolute Gasteiger partial charge is 0.241 e. The highest BCUT2D eigenvalue weighted by molar-refractivity contribution is 5.83. The summed E-state index contributed by atoms with van der Waals surface area (Å²) in [6, 6.07) is 9.64. The Hall–Kier alpha value is -2.27. The van der Waals surface area contributed by atoms with Crippen LogP contribution in [0.1, 0.15) is 34.4 Å². The maximum absolute atomic E-state index is 12.7. The first kappa shape index (κ1) is 18.1. The lowest BCUT2D eigenvalue weighted by atomic mass is 10.00. The summed E-state index contributed by atoms with van der Waals surface area (Å²) in [5.41, 5.74) is 4.05. The predicted molar refractivity (Wildman–Crippen MR) is 95.8 cm³/mol. The van der Waals surface area contributed by atoms with Crippen molar-refractivity contribution in [1.82, 2.24) is 20.2 Å². The molecule has 128 valence electrons. The molecule has 5 heteroatoms. The number of aryl methyl sites for hydroxylation is 3. The fourth-order valence-corrected chi connectivity index (χ4v) is 2.85. The Kier molecular flexibility index (Phi) is 6.04. The van der Waals surface area contributed by atoms with Gasteiger partial charge in [-0.25, -0.2) is 9.97 Å². The number of nitrogens with one attached hydrogen (secondary N) is 1. The molecule has 0 aliphatic carbocycles. The first-order chi connectivity index (χ1) is 11.4. The van der Waals surface area contributed by atoms with Crippen LogP contribution in [0.25, 0.3) is 0 Å². The van der Waals surface area contributed by atoms with Crippen molar-refractivity contribution in [1.29, 1.82) is 0 Å². The van der Waals surface area contributed by atoms with Crippen molar-refractivity contribution < 1.29 is 4.79 Å². The van der Waals surface area contributed by atoms with Crippen molar-refractivity contribution in [3.63, 3.8) is 0 Å². The first-order valence-corrected chi connectivity index (χ1v) is 8.19. The lowest BCUT2D eigenvalue weighted by Crippen LogP contribution is -2.38. The molecule has 0 radical (unpaired) electrons. The first-order valence-electron chi connectivity index (χ1n) is 8.19. The van der Waals surface area contributed by atoms with Gasteiger partial charge in [0.15, 0.2) is 0 Å². The summed E-state index contributed by atoms with van der Waals surface area (Å²) in [7, 11) is 3.84. The van der Waals surface area contributed by atoms with Crippen LogP contribution < -0.4 is 5.32 Å². The summed E-state index contributed by atoms with van der Waals surface area (Å²) in [5.74, 6) is 0.767. The SMILES string of the molecule is Cc1cc(C)nc(CCNC(=O)[C@@H](c2ccccc2C)N(C)C)n1. The van der Waals surface area contributed by atoms with Gasteiger partial charge < -0.3 is 5.32 Å². The van der Waals surface area contributed by atoms with E-state index in [1.165, 1.54) is 0 Å².